The lowest BCUT2D eigenvalue weighted by Crippen LogP contribution is -2.23. The van der Waals surface area contributed by atoms with Gasteiger partial charge in [0.05, 0.1) is 0 Å². The molecule has 0 amide bonds. The predicted octanol–water partition coefficient (Wildman–Crippen LogP) is 1.98. The highest BCUT2D eigenvalue weighted by molar-refractivity contribution is 7.86. The number of hydrogen-bond donors (Lipinski definition) is 1. The van der Waals surface area contributed by atoms with E-state index in [0.717, 1.165) is 19.3 Å². The largest absolute Gasteiger partial charge is 0.360 e. The van der Waals surface area contributed by atoms with Crippen molar-refractivity contribution in [1.82, 2.24) is 0 Å². The lowest BCUT2D eigenvalue weighted by molar-refractivity contribution is 0.0935. The molecule has 0 aromatic heterocycles. The minimum atomic E-state index is -4.05. The second-order valence-corrected chi connectivity index (χ2v) is 4.56. The number of unbranched alkanes of at least 4 members (excludes halogenated alkanes) is 2. The maximum Gasteiger partial charge on any atom is 0.292 e. The quantitative estimate of drug-likeness (QED) is 0.387. The van der Waals surface area contributed by atoms with Gasteiger partial charge >= 0.3 is 0 Å². The Morgan fingerprint density at radius 1 is 1.50 bits per heavy atom. The molecule has 5 heteroatoms. The zero-order valence-corrected chi connectivity index (χ0v) is 9.29. The third-order valence-corrected chi connectivity index (χ3v) is 2.91. The standard InChI is InChI=1S/C9H18O4S/c1-3-5-6-7-8-13-9(4-2)14(10,11)12/h3,9H,1,4-8H2,2H3,(H,10,11,12). The van der Waals surface area contributed by atoms with Gasteiger partial charge in [0.15, 0.2) is 5.44 Å². The average Bonchev–Trinajstić information content (AvgIpc) is 2.09. The SMILES string of the molecule is C=CCCCCOC(CC)S(=O)(=O)O. The summed E-state index contributed by atoms with van der Waals surface area (Å²) >= 11 is 0. The summed E-state index contributed by atoms with van der Waals surface area (Å²) in [6.45, 7) is 5.58. The lowest BCUT2D eigenvalue weighted by Gasteiger charge is -2.12. The van der Waals surface area contributed by atoms with E-state index < -0.39 is 15.6 Å². The molecule has 0 aliphatic carbocycles. The van der Waals surface area contributed by atoms with Gasteiger partial charge in [0, 0.05) is 6.61 Å². The highest BCUT2D eigenvalue weighted by Crippen LogP contribution is 2.07. The van der Waals surface area contributed by atoms with Gasteiger partial charge in [0.1, 0.15) is 0 Å². The Morgan fingerprint density at radius 3 is 2.57 bits per heavy atom. The molecule has 84 valence electrons. The first-order chi connectivity index (χ1) is 6.52. The summed E-state index contributed by atoms with van der Waals surface area (Å²) in [5.41, 5.74) is -1.08. The number of rotatable bonds is 8. The minimum Gasteiger partial charge on any atom is -0.360 e. The molecule has 0 saturated carbocycles. The van der Waals surface area contributed by atoms with E-state index in [1.54, 1.807) is 13.0 Å². The minimum absolute atomic E-state index is 0.264. The molecule has 1 N–H and O–H groups in total. The van der Waals surface area contributed by atoms with E-state index in [9.17, 15) is 8.42 Å². The van der Waals surface area contributed by atoms with Gasteiger partial charge < -0.3 is 4.74 Å². The molecule has 0 radical (unpaired) electrons. The Bertz CT molecular complexity index is 246. The van der Waals surface area contributed by atoms with Crippen LogP contribution in [0.15, 0.2) is 12.7 Å². The maximum atomic E-state index is 10.7. The average molecular weight is 222 g/mol. The third-order valence-electron chi connectivity index (χ3n) is 1.77. The van der Waals surface area contributed by atoms with Crippen LogP contribution in [-0.2, 0) is 14.9 Å². The summed E-state index contributed by atoms with van der Waals surface area (Å²) in [5.74, 6) is 0. The topological polar surface area (TPSA) is 63.6 Å². The van der Waals surface area contributed by atoms with Gasteiger partial charge in [-0.2, -0.15) is 8.42 Å². The van der Waals surface area contributed by atoms with Crippen LogP contribution in [-0.4, -0.2) is 25.0 Å². The van der Waals surface area contributed by atoms with E-state index in [0.29, 0.717) is 6.61 Å². The van der Waals surface area contributed by atoms with Gasteiger partial charge in [-0.3, -0.25) is 4.55 Å². The van der Waals surface area contributed by atoms with Crippen LogP contribution >= 0.6 is 0 Å². The van der Waals surface area contributed by atoms with E-state index in [-0.39, 0.29) is 6.42 Å². The fraction of sp³-hybridized carbons (Fsp3) is 0.778. The monoisotopic (exact) mass is 222 g/mol. The van der Waals surface area contributed by atoms with E-state index in [1.165, 1.54) is 0 Å². The van der Waals surface area contributed by atoms with Crippen LogP contribution < -0.4 is 0 Å². The lowest BCUT2D eigenvalue weighted by atomic mass is 10.2. The van der Waals surface area contributed by atoms with Gasteiger partial charge in [-0.05, 0) is 25.7 Å². The summed E-state index contributed by atoms with van der Waals surface area (Å²) < 4.78 is 35.1. The summed E-state index contributed by atoms with van der Waals surface area (Å²) in [4.78, 5) is 0. The fourth-order valence-corrected chi connectivity index (χ4v) is 1.71. The predicted molar refractivity (Wildman–Crippen MR) is 55.6 cm³/mol. The molecule has 0 heterocycles. The van der Waals surface area contributed by atoms with Crippen LogP contribution in [0.2, 0.25) is 0 Å². The smallest absolute Gasteiger partial charge is 0.292 e. The highest BCUT2D eigenvalue weighted by Gasteiger charge is 2.20. The van der Waals surface area contributed by atoms with Crippen LogP contribution in [0.25, 0.3) is 0 Å². The van der Waals surface area contributed by atoms with Crippen molar-refractivity contribution in [3.63, 3.8) is 0 Å². The van der Waals surface area contributed by atoms with Crippen molar-refractivity contribution in [2.45, 2.75) is 38.0 Å². The molecule has 14 heavy (non-hydrogen) atoms. The van der Waals surface area contributed by atoms with Crippen LogP contribution in [0.5, 0.6) is 0 Å². The molecule has 0 aliphatic heterocycles. The maximum absolute atomic E-state index is 10.7. The molecular formula is C9H18O4S. The van der Waals surface area contributed by atoms with Crippen molar-refractivity contribution in [2.75, 3.05) is 6.61 Å². The molecule has 0 aliphatic rings. The molecule has 0 aromatic carbocycles. The molecule has 0 spiro atoms. The van der Waals surface area contributed by atoms with E-state index in [1.807, 2.05) is 0 Å². The molecule has 0 bridgehead atoms. The second kappa shape index (κ2) is 6.98. The van der Waals surface area contributed by atoms with Crippen LogP contribution in [0, 0.1) is 0 Å². The van der Waals surface area contributed by atoms with Gasteiger partial charge in [0.2, 0.25) is 0 Å². The molecule has 1 unspecified atom stereocenters. The summed E-state index contributed by atoms with van der Waals surface area (Å²) in [6.07, 6.45) is 4.66. The van der Waals surface area contributed by atoms with E-state index in [4.69, 9.17) is 9.29 Å². The molecule has 0 fully saturated rings. The Morgan fingerprint density at radius 2 is 2.14 bits per heavy atom. The first-order valence-corrected chi connectivity index (χ1v) is 6.21. The number of allylic oxidation sites excluding steroid dienone is 1. The van der Waals surface area contributed by atoms with Gasteiger partial charge in [0.25, 0.3) is 10.1 Å². The molecule has 0 saturated heterocycles. The zero-order valence-electron chi connectivity index (χ0n) is 8.48. The Hall–Kier alpha value is -0.390. The van der Waals surface area contributed by atoms with Crippen LogP contribution in [0.1, 0.15) is 32.6 Å². The van der Waals surface area contributed by atoms with Crippen molar-refractivity contribution in [1.29, 1.82) is 0 Å². The summed E-state index contributed by atoms with van der Waals surface area (Å²) in [5, 5.41) is 0. The van der Waals surface area contributed by atoms with Crippen molar-refractivity contribution < 1.29 is 17.7 Å². The van der Waals surface area contributed by atoms with Crippen molar-refractivity contribution in [2.24, 2.45) is 0 Å². The molecular weight excluding hydrogens is 204 g/mol. The Balaban J connectivity index is 3.70. The molecule has 0 aromatic rings. The normalized spacial score (nSPS) is 13.9. The van der Waals surface area contributed by atoms with E-state index >= 15 is 0 Å². The van der Waals surface area contributed by atoms with Crippen LogP contribution in [0.4, 0.5) is 0 Å². The van der Waals surface area contributed by atoms with Crippen LogP contribution in [0.3, 0.4) is 0 Å². The molecule has 4 nitrogen and oxygen atoms in total. The van der Waals surface area contributed by atoms with Gasteiger partial charge in [-0.25, -0.2) is 0 Å². The molecule has 0 rings (SSSR count). The molecule has 1 atom stereocenters. The second-order valence-electron chi connectivity index (χ2n) is 3.01. The Labute approximate surface area is 85.7 Å². The Kier molecular flexibility index (Phi) is 6.78. The number of ether oxygens (including phenoxy) is 1. The van der Waals surface area contributed by atoms with Crippen molar-refractivity contribution >= 4 is 10.1 Å². The first kappa shape index (κ1) is 13.6. The number of hydrogen-bond acceptors (Lipinski definition) is 3. The van der Waals surface area contributed by atoms with Crippen molar-refractivity contribution in [3.05, 3.63) is 12.7 Å². The highest BCUT2D eigenvalue weighted by atomic mass is 32.2. The summed E-state index contributed by atoms with van der Waals surface area (Å²) in [6, 6.07) is 0. The van der Waals surface area contributed by atoms with Crippen molar-refractivity contribution in [3.8, 4) is 0 Å². The fourth-order valence-electron chi connectivity index (χ4n) is 1.02. The third kappa shape index (κ3) is 6.12. The van der Waals surface area contributed by atoms with Gasteiger partial charge in [-0.15, -0.1) is 6.58 Å². The zero-order chi connectivity index (χ0) is 11.0. The first-order valence-electron chi connectivity index (χ1n) is 4.71. The van der Waals surface area contributed by atoms with Gasteiger partial charge in [-0.1, -0.05) is 13.0 Å². The summed E-state index contributed by atoms with van der Waals surface area (Å²) in [7, 11) is -4.05. The van der Waals surface area contributed by atoms with E-state index in [2.05, 4.69) is 6.58 Å².